The van der Waals surface area contributed by atoms with Gasteiger partial charge in [0.2, 0.25) is 0 Å². The largest absolute Gasteiger partial charge is 0.481 e. The normalized spacial score (nSPS) is 33.9. The minimum Gasteiger partial charge on any atom is -0.481 e. The Morgan fingerprint density at radius 2 is 1.18 bits per heavy atom. The third-order valence-electron chi connectivity index (χ3n) is 10.6. The van der Waals surface area contributed by atoms with Crippen molar-refractivity contribution in [2.24, 2.45) is 23.7 Å². The molecule has 0 aromatic rings. The summed E-state index contributed by atoms with van der Waals surface area (Å²) in [5, 5.41) is 18.5. The fourth-order valence-corrected chi connectivity index (χ4v) is 7.64. The molecule has 3 aliphatic heterocycles. The molecule has 4 rings (SSSR count). The van der Waals surface area contributed by atoms with Crippen molar-refractivity contribution in [2.45, 2.75) is 129 Å². The van der Waals surface area contributed by atoms with Gasteiger partial charge < -0.3 is 10.2 Å². The van der Waals surface area contributed by atoms with Gasteiger partial charge in [0.15, 0.2) is 0 Å². The van der Waals surface area contributed by atoms with Crippen LogP contribution in [-0.2, 0) is 9.59 Å². The number of carbonyl (C=O) groups is 2. The van der Waals surface area contributed by atoms with Gasteiger partial charge in [-0.15, -0.1) is 0 Å². The number of hydrogen-bond donors (Lipinski definition) is 2. The van der Waals surface area contributed by atoms with E-state index < -0.39 is 11.9 Å². The van der Waals surface area contributed by atoms with Gasteiger partial charge in [-0.2, -0.15) is 0 Å². The van der Waals surface area contributed by atoms with Crippen molar-refractivity contribution in [2.75, 3.05) is 13.1 Å². The molecule has 0 radical (unpaired) electrons. The second-order valence-electron chi connectivity index (χ2n) is 12.1. The smallest absolute Gasteiger partial charge is 0.307 e. The van der Waals surface area contributed by atoms with Crippen molar-refractivity contribution in [1.82, 2.24) is 9.80 Å². The first-order valence-electron chi connectivity index (χ1n) is 14.0. The van der Waals surface area contributed by atoms with Crippen LogP contribution in [0.25, 0.3) is 0 Å². The molecule has 2 N–H and O–H groups in total. The van der Waals surface area contributed by atoms with Crippen LogP contribution in [0.3, 0.4) is 0 Å². The number of carboxylic acid groups (broad SMARTS) is 2. The van der Waals surface area contributed by atoms with Crippen molar-refractivity contribution in [3.05, 3.63) is 0 Å². The van der Waals surface area contributed by atoms with Crippen LogP contribution in [0.4, 0.5) is 0 Å². The number of nitrogens with zero attached hydrogens (tertiary/aromatic N) is 2. The molecule has 0 amide bonds. The Bertz CT molecular complexity index is 689. The first-order valence-corrected chi connectivity index (χ1v) is 14.0. The summed E-state index contributed by atoms with van der Waals surface area (Å²) in [4.78, 5) is 27.7. The van der Waals surface area contributed by atoms with Crippen LogP contribution in [0.1, 0.15) is 106 Å². The monoisotopic (exact) mass is 478 g/mol. The molecule has 1 saturated carbocycles. The maximum absolute atomic E-state index is 11.3. The molecular formula is C28H50N2O4. The molecule has 3 heterocycles. The number of likely N-dealkylation sites (tertiary alicyclic amines) is 1. The molecule has 4 fully saturated rings. The lowest BCUT2D eigenvalue weighted by molar-refractivity contribution is -0.148. The number of carboxylic acids is 2. The van der Waals surface area contributed by atoms with Crippen LogP contribution in [0.15, 0.2) is 0 Å². The van der Waals surface area contributed by atoms with E-state index in [-0.39, 0.29) is 22.9 Å². The predicted molar refractivity (Wildman–Crippen MR) is 136 cm³/mol. The number of piperidine rings is 2. The Kier molecular flexibility index (Phi) is 8.77. The summed E-state index contributed by atoms with van der Waals surface area (Å²) >= 11 is 0. The highest BCUT2D eigenvalue weighted by Crippen LogP contribution is 2.46. The Morgan fingerprint density at radius 3 is 1.53 bits per heavy atom. The highest BCUT2D eigenvalue weighted by Gasteiger charge is 2.49. The molecule has 4 bridgehead atoms. The molecule has 196 valence electrons. The Balaban J connectivity index is 0.000000191. The maximum Gasteiger partial charge on any atom is 0.307 e. The van der Waals surface area contributed by atoms with E-state index in [0.29, 0.717) is 23.9 Å². The van der Waals surface area contributed by atoms with E-state index in [1.54, 1.807) is 0 Å². The van der Waals surface area contributed by atoms with E-state index in [0.717, 1.165) is 64.5 Å². The van der Waals surface area contributed by atoms with Crippen LogP contribution in [0, 0.1) is 23.7 Å². The van der Waals surface area contributed by atoms with E-state index in [2.05, 4.69) is 51.3 Å². The van der Waals surface area contributed by atoms with Crippen LogP contribution in [0.5, 0.6) is 0 Å². The van der Waals surface area contributed by atoms with Gasteiger partial charge in [-0.1, -0.05) is 27.7 Å². The standard InChI is InChI=1S/2C14H25NO2/c1-4-14(3,5-2)15-11-6-7-12(15)9-10(8-11)13(16)17;1-4-14(3,5-2)15-8-10-6-7-11(9-15)12(10)13(16)17/h2*10-12H,4-9H2,1-3H3,(H,16,17). The first-order chi connectivity index (χ1) is 16.0. The highest BCUT2D eigenvalue weighted by molar-refractivity contribution is 5.71. The zero-order valence-electron chi connectivity index (χ0n) is 22.6. The Morgan fingerprint density at radius 1 is 0.735 bits per heavy atom. The highest BCUT2D eigenvalue weighted by atomic mass is 16.4. The Hall–Kier alpha value is -1.14. The minimum atomic E-state index is -0.587. The van der Waals surface area contributed by atoms with Gasteiger partial charge in [-0.3, -0.25) is 19.4 Å². The number of rotatable bonds is 8. The lowest BCUT2D eigenvalue weighted by atomic mass is 9.81. The van der Waals surface area contributed by atoms with Gasteiger partial charge >= 0.3 is 11.9 Å². The lowest BCUT2D eigenvalue weighted by Gasteiger charge is -2.49. The predicted octanol–water partition coefficient (Wildman–Crippen LogP) is 5.50. The summed E-state index contributed by atoms with van der Waals surface area (Å²) in [6.45, 7) is 15.7. The van der Waals surface area contributed by atoms with Gasteiger partial charge in [0.1, 0.15) is 0 Å². The third kappa shape index (κ3) is 5.18. The summed E-state index contributed by atoms with van der Waals surface area (Å²) in [6.07, 6.45) is 11.0. The summed E-state index contributed by atoms with van der Waals surface area (Å²) < 4.78 is 0. The fourth-order valence-electron chi connectivity index (χ4n) is 7.64. The molecule has 34 heavy (non-hydrogen) atoms. The van der Waals surface area contributed by atoms with E-state index in [1.807, 2.05) is 0 Å². The molecular weight excluding hydrogens is 428 g/mol. The SMILES string of the molecule is CCC(C)(CC)N1C2CCC1CC(C(=O)O)C2.CCC(C)(CC)N1CC2CCC(C1)C2C(=O)O. The fraction of sp³-hybridized carbons (Fsp3) is 0.929. The molecule has 1 aliphatic carbocycles. The number of hydrogen-bond acceptors (Lipinski definition) is 4. The molecule has 0 spiro atoms. The van der Waals surface area contributed by atoms with Crippen molar-refractivity contribution in [1.29, 1.82) is 0 Å². The van der Waals surface area contributed by atoms with Gasteiger partial charge in [-0.25, -0.2) is 0 Å². The van der Waals surface area contributed by atoms with Crippen LogP contribution < -0.4 is 0 Å². The minimum absolute atomic E-state index is 0.0655. The van der Waals surface area contributed by atoms with Crippen molar-refractivity contribution in [3.63, 3.8) is 0 Å². The van der Waals surface area contributed by atoms with E-state index in [9.17, 15) is 19.8 Å². The summed E-state index contributed by atoms with van der Waals surface area (Å²) in [7, 11) is 0. The quantitative estimate of drug-likeness (QED) is 0.479. The molecule has 6 heteroatoms. The maximum atomic E-state index is 11.3. The van der Waals surface area contributed by atoms with E-state index >= 15 is 0 Å². The zero-order valence-corrected chi connectivity index (χ0v) is 22.6. The average Bonchev–Trinajstić information content (AvgIpc) is 3.26. The molecule has 3 saturated heterocycles. The second-order valence-corrected chi connectivity index (χ2v) is 12.1. The van der Waals surface area contributed by atoms with Crippen LogP contribution in [-0.4, -0.2) is 68.2 Å². The van der Waals surface area contributed by atoms with Gasteiger partial charge in [0.25, 0.3) is 0 Å². The summed E-state index contributed by atoms with van der Waals surface area (Å²) in [6, 6.07) is 1.03. The topological polar surface area (TPSA) is 81.1 Å². The zero-order chi connectivity index (χ0) is 25.3. The number of aliphatic carboxylic acids is 2. The third-order valence-corrected chi connectivity index (χ3v) is 10.6. The lowest BCUT2D eigenvalue weighted by Crippen LogP contribution is -2.56. The van der Waals surface area contributed by atoms with Crippen LogP contribution in [0.2, 0.25) is 0 Å². The van der Waals surface area contributed by atoms with E-state index in [4.69, 9.17) is 0 Å². The van der Waals surface area contributed by atoms with Gasteiger partial charge in [0.05, 0.1) is 11.8 Å². The van der Waals surface area contributed by atoms with Crippen LogP contribution >= 0.6 is 0 Å². The first kappa shape index (κ1) is 27.4. The van der Waals surface area contributed by atoms with Gasteiger partial charge in [-0.05, 0) is 89.9 Å². The summed E-state index contributed by atoms with van der Waals surface area (Å²) in [5.41, 5.74) is 0.541. The van der Waals surface area contributed by atoms with Gasteiger partial charge in [0, 0.05) is 36.3 Å². The average molecular weight is 479 g/mol. The van der Waals surface area contributed by atoms with Crippen molar-refractivity contribution in [3.8, 4) is 0 Å². The molecule has 4 aliphatic rings. The van der Waals surface area contributed by atoms with Crippen molar-refractivity contribution >= 4 is 11.9 Å². The molecule has 0 aromatic heterocycles. The van der Waals surface area contributed by atoms with Crippen molar-refractivity contribution < 1.29 is 19.8 Å². The molecule has 4 unspecified atom stereocenters. The summed E-state index contributed by atoms with van der Waals surface area (Å²) in [5.74, 6) is -0.527. The molecule has 4 atom stereocenters. The Labute approximate surface area is 207 Å². The number of fused-ring (bicyclic) bond motifs is 4. The molecule has 0 aromatic carbocycles. The second kappa shape index (κ2) is 10.9. The van der Waals surface area contributed by atoms with E-state index in [1.165, 1.54) is 12.8 Å². The molecule has 6 nitrogen and oxygen atoms in total.